The Balaban J connectivity index is 1.11. The van der Waals surface area contributed by atoms with Gasteiger partial charge in [0.25, 0.3) is 0 Å². The molecule has 0 bridgehead atoms. The Morgan fingerprint density at radius 1 is 1.09 bits per heavy atom. The molecule has 3 aromatic rings. The van der Waals surface area contributed by atoms with Crippen LogP contribution in [0.3, 0.4) is 0 Å². The minimum absolute atomic E-state index is 0.00709. The van der Waals surface area contributed by atoms with E-state index >= 15 is 0 Å². The second-order valence-electron chi connectivity index (χ2n) is 8.64. The molecule has 2 amide bonds. The standard InChI is InChI=1S/C25H24N4O5/c1-29-22(11-21(28-29)24(31)32)27-23(30)19-10-14(19)12-26-25(33)34-13-20-17-8-4-2-6-15(17)16-7-3-5-9-18(16)20/h2-9,11,14,19-20H,10,12-13H2,1H3,(H,26,33)(H,27,30)(H,31,32)/t14-,19-/m1/s1. The molecule has 9 heteroatoms. The molecular weight excluding hydrogens is 436 g/mol. The van der Waals surface area contributed by atoms with Crippen LogP contribution in [0.2, 0.25) is 0 Å². The fourth-order valence-electron chi connectivity index (χ4n) is 4.57. The first kappa shape index (κ1) is 21.7. The number of carboxylic acids is 1. The first-order valence-corrected chi connectivity index (χ1v) is 11.1. The Hall–Kier alpha value is -4.14. The van der Waals surface area contributed by atoms with Crippen LogP contribution in [-0.4, -0.2) is 46.0 Å². The van der Waals surface area contributed by atoms with E-state index in [0.29, 0.717) is 18.8 Å². The first-order chi connectivity index (χ1) is 16.4. The number of aromatic carboxylic acids is 1. The van der Waals surface area contributed by atoms with Crippen molar-refractivity contribution in [2.24, 2.45) is 18.9 Å². The van der Waals surface area contributed by atoms with Crippen molar-refractivity contribution in [2.75, 3.05) is 18.5 Å². The highest BCUT2D eigenvalue weighted by atomic mass is 16.5. The number of ether oxygens (including phenoxy) is 1. The lowest BCUT2D eigenvalue weighted by Gasteiger charge is -2.14. The highest BCUT2D eigenvalue weighted by Gasteiger charge is 2.43. The molecule has 1 heterocycles. The minimum atomic E-state index is -1.16. The molecule has 1 saturated carbocycles. The summed E-state index contributed by atoms with van der Waals surface area (Å²) in [6.45, 7) is 0.571. The van der Waals surface area contributed by atoms with Gasteiger partial charge < -0.3 is 20.5 Å². The number of benzene rings is 2. The topological polar surface area (TPSA) is 123 Å². The number of hydrogen-bond donors (Lipinski definition) is 3. The van der Waals surface area contributed by atoms with Crippen molar-refractivity contribution < 1.29 is 24.2 Å². The number of aryl methyl sites for hydroxylation is 1. The SMILES string of the molecule is Cn1nc(C(=O)O)cc1NC(=O)[C@@H]1C[C@@H]1CNC(=O)OCC1c2ccccc2-c2ccccc21. The van der Waals surface area contributed by atoms with Crippen LogP contribution in [0, 0.1) is 11.8 Å². The smallest absolute Gasteiger partial charge is 0.407 e. The minimum Gasteiger partial charge on any atom is -0.476 e. The highest BCUT2D eigenvalue weighted by Crippen LogP contribution is 2.44. The molecule has 2 aliphatic rings. The Labute approximate surface area is 195 Å². The molecule has 2 aliphatic carbocycles. The number of nitrogens with one attached hydrogen (secondary N) is 2. The zero-order valence-electron chi connectivity index (χ0n) is 18.5. The molecule has 1 aromatic heterocycles. The summed E-state index contributed by atoms with van der Waals surface area (Å²) in [7, 11) is 1.56. The Kier molecular flexibility index (Phi) is 5.53. The van der Waals surface area contributed by atoms with Crippen LogP contribution >= 0.6 is 0 Å². The van der Waals surface area contributed by atoms with Crippen LogP contribution in [0.1, 0.15) is 34.0 Å². The predicted octanol–water partition coefficient (Wildman–Crippen LogP) is 3.23. The van der Waals surface area contributed by atoms with E-state index < -0.39 is 12.1 Å². The average molecular weight is 460 g/mol. The highest BCUT2D eigenvalue weighted by molar-refractivity contribution is 5.95. The fourth-order valence-corrected chi connectivity index (χ4v) is 4.57. The van der Waals surface area contributed by atoms with Gasteiger partial charge in [-0.1, -0.05) is 48.5 Å². The molecule has 9 nitrogen and oxygen atoms in total. The maximum atomic E-state index is 12.5. The third-order valence-electron chi connectivity index (χ3n) is 6.46. The first-order valence-electron chi connectivity index (χ1n) is 11.1. The van der Waals surface area contributed by atoms with E-state index in [9.17, 15) is 14.4 Å². The molecule has 174 valence electrons. The summed E-state index contributed by atoms with van der Waals surface area (Å²) in [5, 5.41) is 18.3. The Morgan fingerprint density at radius 3 is 2.35 bits per heavy atom. The number of carboxylic acid groups (broad SMARTS) is 1. The van der Waals surface area contributed by atoms with Crippen molar-refractivity contribution in [1.29, 1.82) is 0 Å². The van der Waals surface area contributed by atoms with E-state index in [4.69, 9.17) is 9.84 Å². The summed E-state index contributed by atoms with van der Waals surface area (Å²) in [6.07, 6.45) is 0.129. The molecule has 3 N–H and O–H groups in total. The summed E-state index contributed by atoms with van der Waals surface area (Å²) in [5.74, 6) is -1.32. The molecule has 0 radical (unpaired) electrons. The monoisotopic (exact) mass is 460 g/mol. The van der Waals surface area contributed by atoms with Crippen LogP contribution in [-0.2, 0) is 16.6 Å². The zero-order valence-corrected chi connectivity index (χ0v) is 18.5. The lowest BCUT2D eigenvalue weighted by atomic mass is 9.98. The lowest BCUT2D eigenvalue weighted by Crippen LogP contribution is -2.29. The Morgan fingerprint density at radius 2 is 1.74 bits per heavy atom. The van der Waals surface area contributed by atoms with Crippen LogP contribution in [0.15, 0.2) is 54.6 Å². The van der Waals surface area contributed by atoms with Gasteiger partial charge in [0, 0.05) is 31.5 Å². The van der Waals surface area contributed by atoms with Crippen molar-refractivity contribution in [3.05, 3.63) is 71.4 Å². The quantitative estimate of drug-likeness (QED) is 0.498. The van der Waals surface area contributed by atoms with E-state index in [1.165, 1.54) is 21.9 Å². The number of alkyl carbamates (subject to hydrolysis) is 1. The van der Waals surface area contributed by atoms with Crippen LogP contribution in [0.4, 0.5) is 10.6 Å². The van der Waals surface area contributed by atoms with Gasteiger partial charge in [0.1, 0.15) is 12.4 Å². The molecule has 1 fully saturated rings. The molecular formula is C25H24N4O5. The van der Waals surface area contributed by atoms with Gasteiger partial charge in [-0.15, -0.1) is 0 Å². The normalized spacial score (nSPS) is 18.0. The molecule has 0 aliphatic heterocycles. The van der Waals surface area contributed by atoms with E-state index in [1.807, 2.05) is 24.3 Å². The lowest BCUT2D eigenvalue weighted by molar-refractivity contribution is -0.117. The summed E-state index contributed by atoms with van der Waals surface area (Å²) in [4.78, 5) is 35.8. The van der Waals surface area contributed by atoms with Crippen molar-refractivity contribution >= 4 is 23.8 Å². The molecule has 0 unspecified atom stereocenters. The van der Waals surface area contributed by atoms with Crippen molar-refractivity contribution in [3.8, 4) is 11.1 Å². The average Bonchev–Trinajstić information content (AvgIpc) is 3.43. The second kappa shape index (κ2) is 8.66. The molecule has 2 aromatic carbocycles. The molecule has 5 rings (SSSR count). The van der Waals surface area contributed by atoms with Crippen LogP contribution < -0.4 is 10.6 Å². The van der Waals surface area contributed by atoms with E-state index in [1.54, 1.807) is 7.05 Å². The largest absolute Gasteiger partial charge is 0.476 e. The van der Waals surface area contributed by atoms with Crippen LogP contribution in [0.25, 0.3) is 11.1 Å². The van der Waals surface area contributed by atoms with E-state index in [-0.39, 0.29) is 36.0 Å². The van der Waals surface area contributed by atoms with Gasteiger partial charge in [0.2, 0.25) is 5.91 Å². The van der Waals surface area contributed by atoms with Crippen molar-refractivity contribution in [1.82, 2.24) is 15.1 Å². The maximum Gasteiger partial charge on any atom is 0.407 e. The van der Waals surface area contributed by atoms with Gasteiger partial charge in [-0.2, -0.15) is 5.10 Å². The molecule has 0 spiro atoms. The summed E-state index contributed by atoms with van der Waals surface area (Å²) in [5.41, 5.74) is 4.50. The van der Waals surface area contributed by atoms with Crippen molar-refractivity contribution in [2.45, 2.75) is 12.3 Å². The number of carbonyl (C=O) groups excluding carboxylic acids is 2. The number of hydrogen-bond acceptors (Lipinski definition) is 5. The zero-order chi connectivity index (χ0) is 23.8. The Bertz CT molecular complexity index is 1240. The summed E-state index contributed by atoms with van der Waals surface area (Å²) in [6, 6.07) is 17.6. The van der Waals surface area contributed by atoms with Crippen molar-refractivity contribution in [3.63, 3.8) is 0 Å². The third-order valence-corrected chi connectivity index (χ3v) is 6.46. The van der Waals surface area contributed by atoms with Gasteiger partial charge in [-0.05, 0) is 34.6 Å². The number of carbonyl (C=O) groups is 3. The third kappa shape index (κ3) is 4.12. The fraction of sp³-hybridized carbons (Fsp3) is 0.280. The van der Waals surface area contributed by atoms with Gasteiger partial charge >= 0.3 is 12.1 Å². The number of amides is 2. The van der Waals surface area contributed by atoms with Crippen LogP contribution in [0.5, 0.6) is 0 Å². The number of rotatable bonds is 7. The van der Waals surface area contributed by atoms with Gasteiger partial charge in [0.15, 0.2) is 5.69 Å². The number of fused-ring (bicyclic) bond motifs is 3. The summed E-state index contributed by atoms with van der Waals surface area (Å²) < 4.78 is 6.85. The molecule has 2 atom stereocenters. The number of nitrogens with zero attached hydrogens (tertiary/aromatic N) is 2. The second-order valence-corrected chi connectivity index (χ2v) is 8.64. The number of anilines is 1. The maximum absolute atomic E-state index is 12.5. The van der Waals surface area contributed by atoms with Gasteiger partial charge in [-0.25, -0.2) is 9.59 Å². The van der Waals surface area contributed by atoms with Gasteiger partial charge in [-0.3, -0.25) is 9.48 Å². The number of aromatic nitrogens is 2. The molecule has 0 saturated heterocycles. The summed E-state index contributed by atoms with van der Waals surface area (Å²) >= 11 is 0. The molecule has 34 heavy (non-hydrogen) atoms. The predicted molar refractivity (Wildman–Crippen MR) is 123 cm³/mol. The van der Waals surface area contributed by atoms with Gasteiger partial charge in [0.05, 0.1) is 0 Å². The van der Waals surface area contributed by atoms with E-state index in [0.717, 1.165) is 11.1 Å². The van der Waals surface area contributed by atoms with E-state index in [2.05, 4.69) is 40.0 Å².